The molecule has 0 bridgehead atoms. The number of hydrogen-bond acceptors (Lipinski definition) is 1. The number of benzene rings is 3. The van der Waals surface area contributed by atoms with Crippen LogP contribution in [0.5, 0.6) is 0 Å². The largest absolute Gasteiger partial charge is 0.310 e. The summed E-state index contributed by atoms with van der Waals surface area (Å²) in [5.41, 5.74) is 6.56. The Morgan fingerprint density at radius 2 is 0.821 bits per heavy atom. The topological polar surface area (TPSA) is 3.24 Å². The third kappa shape index (κ3) is 6.27. The van der Waals surface area contributed by atoms with Crippen LogP contribution in [0.4, 0.5) is 17.1 Å². The van der Waals surface area contributed by atoms with Crippen molar-refractivity contribution in [2.75, 3.05) is 4.90 Å². The van der Waals surface area contributed by atoms with E-state index in [4.69, 9.17) is 0 Å². The fourth-order valence-electron chi connectivity index (χ4n) is 2.95. The fourth-order valence-corrected chi connectivity index (χ4v) is 2.95. The lowest BCUT2D eigenvalue weighted by Gasteiger charge is -2.33. The Labute approximate surface area is 174 Å². The Balaban J connectivity index is 0.000000818. The lowest BCUT2D eigenvalue weighted by atomic mass is 9.95. The first-order chi connectivity index (χ1) is 13.9. The van der Waals surface area contributed by atoms with E-state index in [9.17, 15) is 0 Å². The summed E-state index contributed by atoms with van der Waals surface area (Å²) in [6.45, 7) is 16.0. The molecule has 1 aliphatic heterocycles. The normalized spacial score (nSPS) is 9.93. The van der Waals surface area contributed by atoms with Crippen molar-refractivity contribution in [2.45, 2.75) is 61.8 Å². The highest BCUT2D eigenvalue weighted by atomic mass is 15.2. The molecule has 0 saturated carbocycles. The number of fused-ring (bicyclic) bond motifs is 2. The van der Waals surface area contributed by atoms with Crippen molar-refractivity contribution in [3.05, 3.63) is 90.0 Å². The standard InChI is InChI=1S/C19H15N.4C2H6/c1-2-10-17(11-3-1)20-18-12-6-4-8-15(18)14-16-9-5-7-13-19(16)20;4*1-2/h1-13H,14H2;4*1-2H3. The molecule has 0 amide bonds. The molecule has 28 heavy (non-hydrogen) atoms. The molecule has 1 aliphatic rings. The maximum absolute atomic E-state index is 2.36. The van der Waals surface area contributed by atoms with E-state index in [0.29, 0.717) is 0 Å². The average molecular weight is 378 g/mol. The van der Waals surface area contributed by atoms with Gasteiger partial charge in [0.1, 0.15) is 0 Å². The Hall–Kier alpha value is -2.54. The van der Waals surface area contributed by atoms with Crippen molar-refractivity contribution in [3.8, 4) is 0 Å². The minimum absolute atomic E-state index is 1.01. The van der Waals surface area contributed by atoms with Crippen molar-refractivity contribution < 1.29 is 0 Å². The van der Waals surface area contributed by atoms with Crippen molar-refractivity contribution in [1.82, 2.24) is 0 Å². The summed E-state index contributed by atoms with van der Waals surface area (Å²) in [6.07, 6.45) is 1.01. The van der Waals surface area contributed by atoms with Crippen LogP contribution in [0.3, 0.4) is 0 Å². The van der Waals surface area contributed by atoms with Gasteiger partial charge in [0.15, 0.2) is 0 Å². The third-order valence-electron chi connectivity index (χ3n) is 3.86. The third-order valence-corrected chi connectivity index (χ3v) is 3.86. The summed E-state index contributed by atoms with van der Waals surface area (Å²) in [4.78, 5) is 2.36. The molecule has 0 aliphatic carbocycles. The molecule has 0 N–H and O–H groups in total. The van der Waals surface area contributed by atoms with Crippen molar-refractivity contribution in [1.29, 1.82) is 0 Å². The molecule has 4 rings (SSSR count). The number of nitrogens with zero attached hydrogens (tertiary/aromatic N) is 1. The molecule has 0 fully saturated rings. The molecule has 0 aromatic heterocycles. The highest BCUT2D eigenvalue weighted by Crippen LogP contribution is 2.43. The first kappa shape index (κ1) is 25.5. The van der Waals surface area contributed by atoms with Gasteiger partial charge >= 0.3 is 0 Å². The molecular formula is C27H39N. The smallest absolute Gasteiger partial charge is 0.0497 e. The van der Waals surface area contributed by atoms with Crippen LogP contribution < -0.4 is 4.90 Å². The van der Waals surface area contributed by atoms with E-state index < -0.39 is 0 Å². The predicted molar refractivity (Wildman–Crippen MR) is 129 cm³/mol. The number of rotatable bonds is 1. The van der Waals surface area contributed by atoms with Crippen molar-refractivity contribution in [3.63, 3.8) is 0 Å². The van der Waals surface area contributed by atoms with E-state index in [2.05, 4.69) is 83.8 Å². The number of hydrogen-bond donors (Lipinski definition) is 0. The van der Waals surface area contributed by atoms with E-state index >= 15 is 0 Å². The van der Waals surface area contributed by atoms with Crippen LogP contribution in [0.15, 0.2) is 78.9 Å². The number of anilines is 3. The number of para-hydroxylation sites is 3. The lowest BCUT2D eigenvalue weighted by molar-refractivity contribution is 1.09. The van der Waals surface area contributed by atoms with Gasteiger partial charge in [-0.05, 0) is 35.4 Å². The molecule has 1 nitrogen and oxygen atoms in total. The van der Waals surface area contributed by atoms with Crippen LogP contribution in [0.25, 0.3) is 0 Å². The molecule has 0 spiro atoms. The lowest BCUT2D eigenvalue weighted by Crippen LogP contribution is -2.18. The van der Waals surface area contributed by atoms with Crippen LogP contribution in [-0.2, 0) is 6.42 Å². The van der Waals surface area contributed by atoms with Gasteiger partial charge in [0.05, 0.1) is 0 Å². The van der Waals surface area contributed by atoms with E-state index in [-0.39, 0.29) is 0 Å². The SMILES string of the molecule is CC.CC.CC.CC.c1ccc(N2c3ccccc3Cc3ccccc32)cc1. The van der Waals surface area contributed by atoms with Gasteiger partial charge in [-0.2, -0.15) is 0 Å². The van der Waals surface area contributed by atoms with Crippen LogP contribution in [0.1, 0.15) is 66.5 Å². The van der Waals surface area contributed by atoms with E-state index in [1.165, 1.54) is 28.2 Å². The van der Waals surface area contributed by atoms with Crippen LogP contribution in [-0.4, -0.2) is 0 Å². The second-order valence-corrected chi connectivity index (χ2v) is 5.11. The first-order valence-corrected chi connectivity index (χ1v) is 10.9. The van der Waals surface area contributed by atoms with Crippen molar-refractivity contribution >= 4 is 17.1 Å². The van der Waals surface area contributed by atoms with E-state index in [1.807, 2.05) is 55.4 Å². The summed E-state index contributed by atoms with van der Waals surface area (Å²) < 4.78 is 0. The molecule has 0 saturated heterocycles. The highest BCUT2D eigenvalue weighted by molar-refractivity contribution is 5.83. The molecule has 0 unspecified atom stereocenters. The zero-order valence-electron chi connectivity index (χ0n) is 19.2. The summed E-state index contributed by atoms with van der Waals surface area (Å²) >= 11 is 0. The summed E-state index contributed by atoms with van der Waals surface area (Å²) in [7, 11) is 0. The predicted octanol–water partition coefficient (Wildman–Crippen LogP) is 9.17. The maximum atomic E-state index is 2.36. The highest BCUT2D eigenvalue weighted by Gasteiger charge is 2.22. The second kappa shape index (κ2) is 15.5. The molecule has 3 aromatic rings. The quantitative estimate of drug-likeness (QED) is 0.319. The van der Waals surface area contributed by atoms with Crippen LogP contribution in [0.2, 0.25) is 0 Å². The summed E-state index contributed by atoms with van der Waals surface area (Å²) in [6, 6.07) is 27.9. The molecule has 0 radical (unpaired) electrons. The second-order valence-electron chi connectivity index (χ2n) is 5.11. The minimum atomic E-state index is 1.01. The molecule has 1 heteroatoms. The molecule has 152 valence electrons. The summed E-state index contributed by atoms with van der Waals surface area (Å²) in [5.74, 6) is 0. The Bertz CT molecular complexity index is 701. The first-order valence-electron chi connectivity index (χ1n) is 10.9. The van der Waals surface area contributed by atoms with Gasteiger partial charge in [0.2, 0.25) is 0 Å². The average Bonchev–Trinajstić information content (AvgIpc) is 2.83. The molecular weight excluding hydrogens is 338 g/mol. The summed E-state index contributed by atoms with van der Waals surface area (Å²) in [5, 5.41) is 0. The Morgan fingerprint density at radius 1 is 0.464 bits per heavy atom. The zero-order valence-corrected chi connectivity index (χ0v) is 19.2. The van der Waals surface area contributed by atoms with Gasteiger partial charge in [-0.15, -0.1) is 0 Å². The van der Waals surface area contributed by atoms with Gasteiger partial charge in [0.25, 0.3) is 0 Å². The van der Waals surface area contributed by atoms with E-state index in [1.54, 1.807) is 0 Å². The van der Waals surface area contributed by atoms with Gasteiger partial charge < -0.3 is 4.90 Å². The van der Waals surface area contributed by atoms with Gasteiger partial charge in [-0.3, -0.25) is 0 Å². The van der Waals surface area contributed by atoms with Crippen molar-refractivity contribution in [2.24, 2.45) is 0 Å². The molecule has 0 atom stereocenters. The molecule has 3 aromatic carbocycles. The fraction of sp³-hybridized carbons (Fsp3) is 0.333. The van der Waals surface area contributed by atoms with E-state index in [0.717, 1.165) is 6.42 Å². The van der Waals surface area contributed by atoms with Gasteiger partial charge in [-0.25, -0.2) is 0 Å². The zero-order chi connectivity index (χ0) is 21.4. The van der Waals surface area contributed by atoms with Crippen LogP contribution >= 0.6 is 0 Å². The Morgan fingerprint density at radius 3 is 1.25 bits per heavy atom. The minimum Gasteiger partial charge on any atom is -0.310 e. The monoisotopic (exact) mass is 377 g/mol. The van der Waals surface area contributed by atoms with Gasteiger partial charge in [-0.1, -0.05) is 110 Å². The molecule has 1 heterocycles. The Kier molecular flexibility index (Phi) is 14.1. The maximum Gasteiger partial charge on any atom is 0.0497 e. The van der Waals surface area contributed by atoms with Gasteiger partial charge in [0, 0.05) is 23.5 Å². The van der Waals surface area contributed by atoms with Crippen LogP contribution in [0, 0.1) is 0 Å².